The zero-order chi connectivity index (χ0) is 67.3. The first-order valence-corrected chi connectivity index (χ1v) is 40.3. The van der Waals surface area contributed by atoms with E-state index in [0.717, 1.165) is 108 Å². The van der Waals surface area contributed by atoms with Crippen molar-refractivity contribution in [2.24, 2.45) is 17.8 Å². The normalized spacial score (nSPS) is 14.2. The minimum Gasteiger partial charge on any atom is -0.462 e. The summed E-state index contributed by atoms with van der Waals surface area (Å²) in [6.45, 7) is 11.8. The predicted molar refractivity (Wildman–Crippen MR) is 368 cm³/mol. The van der Waals surface area contributed by atoms with E-state index in [1.165, 1.54) is 167 Å². The predicted octanol–water partition coefficient (Wildman–Crippen LogP) is 20.6. The molecule has 19 heteroatoms. The summed E-state index contributed by atoms with van der Waals surface area (Å²) in [5.41, 5.74) is 0. The highest BCUT2D eigenvalue weighted by Crippen LogP contribution is 2.45. The Morgan fingerprint density at radius 3 is 0.747 bits per heavy atom. The van der Waals surface area contributed by atoms with Crippen LogP contribution in [0.15, 0.2) is 0 Å². The molecule has 0 aliphatic carbocycles. The minimum absolute atomic E-state index is 0.104. The summed E-state index contributed by atoms with van der Waals surface area (Å²) in [5, 5.41) is 10.6. The van der Waals surface area contributed by atoms with Crippen LogP contribution < -0.4 is 0 Å². The molecule has 0 aromatic carbocycles. The van der Waals surface area contributed by atoms with Gasteiger partial charge in [-0.25, -0.2) is 9.13 Å². The van der Waals surface area contributed by atoms with Gasteiger partial charge in [-0.3, -0.25) is 37.3 Å². The van der Waals surface area contributed by atoms with Crippen molar-refractivity contribution in [1.82, 2.24) is 0 Å². The van der Waals surface area contributed by atoms with Gasteiger partial charge < -0.3 is 33.8 Å². The average molecular weight is 1340 g/mol. The lowest BCUT2D eigenvalue weighted by Gasteiger charge is -2.21. The third-order valence-electron chi connectivity index (χ3n) is 16.6. The lowest BCUT2D eigenvalue weighted by Crippen LogP contribution is -2.30. The van der Waals surface area contributed by atoms with Crippen molar-refractivity contribution >= 4 is 39.5 Å². The summed E-state index contributed by atoms with van der Waals surface area (Å²) in [5.74, 6) is 0.101. The van der Waals surface area contributed by atoms with E-state index in [4.69, 9.17) is 37.0 Å². The second-order valence-corrected chi connectivity index (χ2v) is 30.3. The standard InChI is InChI=1S/C72H140O17P2/c1-8-9-10-11-12-13-14-21-24-32-39-46-53-69(74)82-59-67(88-71(76)55-48-41-33-25-22-19-17-15-16-18-20-23-29-36-43-50-63(2)3)61-86-90(78,79)84-57-66(73)58-85-91(80,81)87-62-68(60-83-70(75)54-47-40-35-28-31-38-45-52-65(6)7)89-72(77)56-49-42-34-27-26-30-37-44-51-64(4)5/h63-68,73H,8-62H2,1-7H3,(H,78,79)(H,80,81)/t66-,67-,68-/m1/s1. The Labute approximate surface area is 556 Å². The van der Waals surface area contributed by atoms with Gasteiger partial charge in [-0.15, -0.1) is 0 Å². The van der Waals surface area contributed by atoms with Crippen LogP contribution in [0.3, 0.4) is 0 Å². The Hall–Kier alpha value is -1.94. The first-order valence-electron chi connectivity index (χ1n) is 37.3. The van der Waals surface area contributed by atoms with Gasteiger partial charge >= 0.3 is 39.5 Å². The molecule has 0 fully saturated rings. The molecular weight excluding hydrogens is 1200 g/mol. The fourth-order valence-corrected chi connectivity index (χ4v) is 12.5. The molecule has 0 aromatic heterocycles. The topological polar surface area (TPSA) is 237 Å². The molecule has 0 saturated carbocycles. The van der Waals surface area contributed by atoms with Gasteiger partial charge in [-0.2, -0.15) is 0 Å². The molecule has 91 heavy (non-hydrogen) atoms. The van der Waals surface area contributed by atoms with Crippen LogP contribution in [0, 0.1) is 17.8 Å². The van der Waals surface area contributed by atoms with Gasteiger partial charge in [0.25, 0.3) is 0 Å². The number of ether oxygens (including phenoxy) is 4. The molecule has 0 spiro atoms. The Bertz CT molecular complexity index is 1780. The number of hydrogen-bond donors (Lipinski definition) is 3. The monoisotopic (exact) mass is 1340 g/mol. The van der Waals surface area contributed by atoms with Crippen molar-refractivity contribution in [1.29, 1.82) is 0 Å². The number of carbonyl (C=O) groups excluding carboxylic acids is 4. The highest BCUT2D eigenvalue weighted by atomic mass is 31.2. The molecule has 540 valence electrons. The number of aliphatic hydroxyl groups is 1. The molecule has 0 radical (unpaired) electrons. The van der Waals surface area contributed by atoms with Crippen molar-refractivity contribution in [3.05, 3.63) is 0 Å². The van der Waals surface area contributed by atoms with Crippen molar-refractivity contribution < 1.29 is 80.2 Å². The van der Waals surface area contributed by atoms with Crippen LogP contribution in [0.2, 0.25) is 0 Å². The molecule has 0 saturated heterocycles. The highest BCUT2D eigenvalue weighted by Gasteiger charge is 2.30. The maximum Gasteiger partial charge on any atom is 0.472 e. The van der Waals surface area contributed by atoms with E-state index >= 15 is 0 Å². The lowest BCUT2D eigenvalue weighted by molar-refractivity contribution is -0.161. The molecule has 0 aliphatic heterocycles. The van der Waals surface area contributed by atoms with E-state index in [2.05, 4.69) is 48.5 Å². The maximum atomic E-state index is 13.0. The quantitative estimate of drug-likeness (QED) is 0.0222. The van der Waals surface area contributed by atoms with Crippen LogP contribution in [-0.4, -0.2) is 96.7 Å². The number of aliphatic hydroxyl groups excluding tert-OH is 1. The maximum absolute atomic E-state index is 13.0. The van der Waals surface area contributed by atoms with Gasteiger partial charge in [0.1, 0.15) is 19.3 Å². The Morgan fingerprint density at radius 1 is 0.297 bits per heavy atom. The average Bonchev–Trinajstić information content (AvgIpc) is 3.58. The Balaban J connectivity index is 5.23. The SMILES string of the molecule is CCCCCCCCCCCCCCC(=O)OC[C@H](COP(=O)(O)OC[C@@H](O)COP(=O)(O)OC[C@@H](COC(=O)CCCCCCCCCC(C)C)OC(=O)CCCCCCCCCCC(C)C)OC(=O)CCCCCCCCCCCCCCCCCC(C)C. The third kappa shape index (κ3) is 66.5. The fraction of sp³-hybridized carbons (Fsp3) is 0.944. The number of phosphoric acid groups is 2. The molecule has 3 N–H and O–H groups in total. The van der Waals surface area contributed by atoms with Crippen molar-refractivity contribution in [3.8, 4) is 0 Å². The zero-order valence-electron chi connectivity index (χ0n) is 59.3. The minimum atomic E-state index is -4.95. The molecular formula is C72H140O17P2. The molecule has 17 nitrogen and oxygen atoms in total. The summed E-state index contributed by atoms with van der Waals surface area (Å²) in [7, 11) is -9.90. The van der Waals surface area contributed by atoms with E-state index in [1.807, 2.05) is 0 Å². The third-order valence-corrected chi connectivity index (χ3v) is 18.5. The molecule has 0 heterocycles. The van der Waals surface area contributed by atoms with E-state index in [-0.39, 0.29) is 25.7 Å². The van der Waals surface area contributed by atoms with Gasteiger partial charge in [0.15, 0.2) is 12.2 Å². The zero-order valence-corrected chi connectivity index (χ0v) is 61.1. The van der Waals surface area contributed by atoms with Crippen LogP contribution in [0.4, 0.5) is 0 Å². The molecule has 0 amide bonds. The summed E-state index contributed by atoms with van der Waals surface area (Å²) >= 11 is 0. The van der Waals surface area contributed by atoms with Crippen molar-refractivity contribution in [3.63, 3.8) is 0 Å². The lowest BCUT2D eigenvalue weighted by atomic mass is 10.0. The summed E-state index contributed by atoms with van der Waals surface area (Å²) in [4.78, 5) is 72.6. The Kier molecular flexibility index (Phi) is 61.5. The molecule has 0 aliphatic rings. The highest BCUT2D eigenvalue weighted by molar-refractivity contribution is 7.47. The van der Waals surface area contributed by atoms with E-state index in [0.29, 0.717) is 31.6 Å². The first kappa shape index (κ1) is 89.1. The molecule has 2 unspecified atom stereocenters. The largest absolute Gasteiger partial charge is 0.472 e. The van der Waals surface area contributed by atoms with Crippen LogP contribution >= 0.6 is 15.6 Å². The second-order valence-electron chi connectivity index (χ2n) is 27.4. The molecule has 0 aromatic rings. The number of carbonyl (C=O) groups is 4. The van der Waals surface area contributed by atoms with Gasteiger partial charge in [0.05, 0.1) is 26.4 Å². The molecule has 0 rings (SSSR count). The summed E-state index contributed by atoms with van der Waals surface area (Å²) < 4.78 is 68.3. The summed E-state index contributed by atoms with van der Waals surface area (Å²) in [6.07, 6.45) is 47.3. The first-order chi connectivity index (χ1) is 43.7. The van der Waals surface area contributed by atoms with Gasteiger partial charge in [-0.1, -0.05) is 312 Å². The van der Waals surface area contributed by atoms with Gasteiger partial charge in [0, 0.05) is 25.7 Å². The smallest absolute Gasteiger partial charge is 0.462 e. The van der Waals surface area contributed by atoms with Gasteiger partial charge in [-0.05, 0) is 43.4 Å². The van der Waals surface area contributed by atoms with Crippen molar-refractivity contribution in [2.45, 2.75) is 381 Å². The number of rotatable bonds is 70. The van der Waals surface area contributed by atoms with E-state index in [9.17, 15) is 43.2 Å². The summed E-state index contributed by atoms with van der Waals surface area (Å²) in [6, 6.07) is 0. The number of esters is 4. The van der Waals surface area contributed by atoms with E-state index < -0.39 is 97.5 Å². The van der Waals surface area contributed by atoms with Crippen molar-refractivity contribution in [2.75, 3.05) is 39.6 Å². The van der Waals surface area contributed by atoms with Crippen LogP contribution in [0.5, 0.6) is 0 Å². The second kappa shape index (κ2) is 62.8. The Morgan fingerprint density at radius 2 is 0.505 bits per heavy atom. The molecule has 0 bridgehead atoms. The van der Waals surface area contributed by atoms with E-state index in [1.54, 1.807) is 0 Å². The van der Waals surface area contributed by atoms with Crippen LogP contribution in [-0.2, 0) is 65.4 Å². The molecule has 5 atom stereocenters. The number of unbranched alkanes of at least 4 members (excludes halogenated alkanes) is 38. The number of phosphoric ester groups is 2. The fourth-order valence-electron chi connectivity index (χ4n) is 10.9. The number of hydrogen-bond acceptors (Lipinski definition) is 15. The van der Waals surface area contributed by atoms with Crippen LogP contribution in [0.1, 0.15) is 363 Å². The van der Waals surface area contributed by atoms with Crippen LogP contribution in [0.25, 0.3) is 0 Å². The van der Waals surface area contributed by atoms with Gasteiger partial charge in [0.2, 0.25) is 0 Å².